The molecule has 0 radical (unpaired) electrons. The third-order valence-electron chi connectivity index (χ3n) is 1.93. The molecule has 0 aromatic carbocycles. The van der Waals surface area contributed by atoms with Crippen molar-refractivity contribution in [1.82, 2.24) is 4.98 Å². The number of thiazole rings is 1. The lowest BCUT2D eigenvalue weighted by Gasteiger charge is -2.07. The average Bonchev–Trinajstić information content (AvgIpc) is 2.62. The Bertz CT molecular complexity index is 338. The molecular weight excluding hydrogens is 214 g/mol. The summed E-state index contributed by atoms with van der Waals surface area (Å²) in [6, 6.07) is -0.229. The van der Waals surface area contributed by atoms with Gasteiger partial charge in [0.2, 0.25) is 0 Å². The highest BCUT2D eigenvalue weighted by atomic mass is 32.1. The molecule has 1 rings (SSSR count). The predicted molar refractivity (Wildman–Crippen MR) is 60.2 cm³/mol. The maximum absolute atomic E-state index is 10.4. The average molecular weight is 229 g/mol. The molecule has 3 N–H and O–H groups in total. The summed E-state index contributed by atoms with van der Waals surface area (Å²) in [5, 5.41) is 9.41. The fourth-order valence-corrected chi connectivity index (χ4v) is 1.95. The van der Waals surface area contributed by atoms with Crippen LogP contribution in [0.15, 0.2) is 6.20 Å². The minimum Gasteiger partial charge on any atom is -0.481 e. The highest BCUT2D eigenvalue weighted by Gasteiger charge is 2.12. The molecule has 15 heavy (non-hydrogen) atoms. The minimum absolute atomic E-state index is 0.0936. The van der Waals surface area contributed by atoms with Gasteiger partial charge < -0.3 is 15.7 Å². The molecule has 0 fully saturated rings. The van der Waals surface area contributed by atoms with E-state index in [1.165, 1.54) is 11.3 Å². The summed E-state index contributed by atoms with van der Waals surface area (Å²) in [6.45, 7) is 0. The first-order chi connectivity index (χ1) is 7.00. The Balaban J connectivity index is 2.57. The van der Waals surface area contributed by atoms with Crippen LogP contribution >= 0.6 is 11.3 Å². The van der Waals surface area contributed by atoms with Crippen LogP contribution in [0.1, 0.15) is 23.8 Å². The molecule has 1 atom stereocenters. The normalized spacial score (nSPS) is 12.5. The van der Waals surface area contributed by atoms with Gasteiger partial charge >= 0.3 is 5.97 Å². The molecule has 0 aliphatic carbocycles. The van der Waals surface area contributed by atoms with Crippen molar-refractivity contribution in [3.05, 3.63) is 11.1 Å². The summed E-state index contributed by atoms with van der Waals surface area (Å²) >= 11 is 1.50. The van der Waals surface area contributed by atoms with Gasteiger partial charge in [-0.25, -0.2) is 4.98 Å². The topological polar surface area (TPSA) is 79.5 Å². The lowest BCUT2D eigenvalue weighted by atomic mass is 10.1. The van der Waals surface area contributed by atoms with Crippen LogP contribution < -0.4 is 10.6 Å². The minimum atomic E-state index is -0.817. The fraction of sp³-hybridized carbons (Fsp3) is 0.556. The van der Waals surface area contributed by atoms with Crippen molar-refractivity contribution in [2.45, 2.75) is 18.9 Å². The molecule has 5 nitrogen and oxygen atoms in total. The van der Waals surface area contributed by atoms with Crippen LogP contribution in [0.3, 0.4) is 0 Å². The summed E-state index contributed by atoms with van der Waals surface area (Å²) < 4.78 is 0. The van der Waals surface area contributed by atoms with Crippen LogP contribution in [-0.4, -0.2) is 30.2 Å². The van der Waals surface area contributed by atoms with E-state index in [1.807, 2.05) is 19.0 Å². The van der Waals surface area contributed by atoms with Crippen LogP contribution in [0.25, 0.3) is 0 Å². The number of aliphatic carboxylic acids is 1. The van der Waals surface area contributed by atoms with Crippen LogP contribution in [-0.2, 0) is 4.79 Å². The zero-order valence-corrected chi connectivity index (χ0v) is 9.62. The maximum atomic E-state index is 10.4. The van der Waals surface area contributed by atoms with Crippen LogP contribution in [0.2, 0.25) is 0 Å². The van der Waals surface area contributed by atoms with Gasteiger partial charge in [0.25, 0.3) is 0 Å². The molecule has 0 amide bonds. The van der Waals surface area contributed by atoms with Gasteiger partial charge in [0.1, 0.15) is 0 Å². The third kappa shape index (κ3) is 3.49. The summed E-state index contributed by atoms with van der Waals surface area (Å²) in [4.78, 5) is 17.4. The number of carboxylic acids is 1. The molecule has 6 heteroatoms. The van der Waals surface area contributed by atoms with Crippen molar-refractivity contribution in [1.29, 1.82) is 0 Å². The molecule has 1 unspecified atom stereocenters. The Morgan fingerprint density at radius 2 is 2.40 bits per heavy atom. The highest BCUT2D eigenvalue weighted by molar-refractivity contribution is 7.15. The first-order valence-corrected chi connectivity index (χ1v) is 5.42. The smallest absolute Gasteiger partial charge is 0.303 e. The summed E-state index contributed by atoms with van der Waals surface area (Å²) in [5.41, 5.74) is 5.85. The molecular formula is C9H15N3O2S. The van der Waals surface area contributed by atoms with Gasteiger partial charge in [-0.15, -0.1) is 11.3 Å². The van der Waals surface area contributed by atoms with Gasteiger partial charge in [-0.1, -0.05) is 0 Å². The van der Waals surface area contributed by atoms with Gasteiger partial charge in [-0.2, -0.15) is 0 Å². The van der Waals surface area contributed by atoms with Crippen molar-refractivity contribution in [2.24, 2.45) is 5.73 Å². The zero-order chi connectivity index (χ0) is 11.4. The van der Waals surface area contributed by atoms with E-state index in [-0.39, 0.29) is 12.5 Å². The predicted octanol–water partition coefficient (Wildman–Crippen LogP) is 1.07. The number of nitrogens with zero attached hydrogens (tertiary/aromatic N) is 2. The van der Waals surface area contributed by atoms with Crippen molar-refractivity contribution < 1.29 is 9.90 Å². The van der Waals surface area contributed by atoms with Gasteiger partial charge in [-0.3, -0.25) is 4.79 Å². The van der Waals surface area contributed by atoms with Crippen molar-refractivity contribution in [3.63, 3.8) is 0 Å². The molecule has 0 saturated carbocycles. The largest absolute Gasteiger partial charge is 0.481 e. The number of rotatable bonds is 5. The van der Waals surface area contributed by atoms with Crippen LogP contribution in [0.4, 0.5) is 5.13 Å². The molecule has 0 aliphatic heterocycles. The lowest BCUT2D eigenvalue weighted by Crippen LogP contribution is -2.10. The first kappa shape index (κ1) is 11.9. The van der Waals surface area contributed by atoms with E-state index in [1.54, 1.807) is 6.20 Å². The van der Waals surface area contributed by atoms with E-state index >= 15 is 0 Å². The first-order valence-electron chi connectivity index (χ1n) is 4.61. The number of carboxylic acid groups (broad SMARTS) is 1. The van der Waals surface area contributed by atoms with Crippen LogP contribution in [0, 0.1) is 0 Å². The third-order valence-corrected chi connectivity index (χ3v) is 3.23. The molecule has 84 valence electrons. The second kappa shape index (κ2) is 5.09. The number of hydrogen-bond acceptors (Lipinski definition) is 5. The summed E-state index contributed by atoms with van der Waals surface area (Å²) in [6.07, 6.45) is 2.26. The molecule has 1 heterocycles. The summed E-state index contributed by atoms with van der Waals surface area (Å²) in [7, 11) is 3.82. The van der Waals surface area contributed by atoms with E-state index < -0.39 is 5.97 Å². The fourth-order valence-electron chi connectivity index (χ4n) is 1.08. The Morgan fingerprint density at radius 3 is 2.87 bits per heavy atom. The van der Waals surface area contributed by atoms with E-state index in [4.69, 9.17) is 10.8 Å². The van der Waals surface area contributed by atoms with E-state index in [0.29, 0.717) is 6.42 Å². The number of aromatic nitrogens is 1. The second-order valence-corrected chi connectivity index (χ2v) is 4.52. The molecule has 1 aromatic rings. The molecule has 0 bridgehead atoms. The van der Waals surface area contributed by atoms with E-state index in [9.17, 15) is 4.79 Å². The number of anilines is 1. The Labute approximate surface area is 92.5 Å². The quantitative estimate of drug-likeness (QED) is 0.789. The van der Waals surface area contributed by atoms with Crippen LogP contribution in [0.5, 0.6) is 0 Å². The monoisotopic (exact) mass is 229 g/mol. The number of hydrogen-bond donors (Lipinski definition) is 2. The van der Waals surface area contributed by atoms with Crippen molar-refractivity contribution in [2.75, 3.05) is 19.0 Å². The van der Waals surface area contributed by atoms with Gasteiger partial charge in [-0.05, 0) is 6.42 Å². The molecule has 0 aliphatic rings. The van der Waals surface area contributed by atoms with Gasteiger partial charge in [0.15, 0.2) is 5.13 Å². The maximum Gasteiger partial charge on any atom is 0.303 e. The standard InChI is InChI=1S/C9H15N3O2S/c1-12(2)9-11-5-7(15-9)6(10)3-4-8(13)14/h5-6H,3-4,10H2,1-2H3,(H,13,14). The number of carbonyl (C=O) groups is 1. The van der Waals surface area contributed by atoms with E-state index in [0.717, 1.165) is 10.0 Å². The van der Waals surface area contributed by atoms with Crippen molar-refractivity contribution in [3.8, 4) is 0 Å². The number of nitrogens with two attached hydrogens (primary N) is 1. The zero-order valence-electron chi connectivity index (χ0n) is 8.80. The molecule has 1 aromatic heterocycles. The lowest BCUT2D eigenvalue weighted by molar-refractivity contribution is -0.137. The summed E-state index contributed by atoms with van der Waals surface area (Å²) in [5.74, 6) is -0.817. The Hall–Kier alpha value is -1.14. The van der Waals surface area contributed by atoms with Gasteiger partial charge in [0.05, 0.1) is 0 Å². The van der Waals surface area contributed by atoms with Gasteiger partial charge in [0, 0.05) is 37.6 Å². The second-order valence-electron chi connectivity index (χ2n) is 3.48. The molecule has 0 spiro atoms. The molecule has 0 saturated heterocycles. The van der Waals surface area contributed by atoms with E-state index in [2.05, 4.69) is 4.98 Å². The Morgan fingerprint density at radius 1 is 1.73 bits per heavy atom. The Kier molecular flexibility index (Phi) is 4.05. The SMILES string of the molecule is CN(C)c1ncc(C(N)CCC(=O)O)s1. The highest BCUT2D eigenvalue weighted by Crippen LogP contribution is 2.26. The van der Waals surface area contributed by atoms with Crippen molar-refractivity contribution >= 4 is 22.4 Å².